The Morgan fingerprint density at radius 1 is 1.13 bits per heavy atom. The first-order chi connectivity index (χ1) is 28.7. The molecule has 320 valence electrons. The van der Waals surface area contributed by atoms with Gasteiger partial charge in [-0.3, -0.25) is 29.2 Å². The summed E-state index contributed by atoms with van der Waals surface area (Å²) < 4.78 is 14.0. The van der Waals surface area contributed by atoms with Gasteiger partial charge < -0.3 is 34.7 Å². The van der Waals surface area contributed by atoms with E-state index in [9.17, 15) is 24.3 Å². The number of esters is 1. The number of rotatable bonds is 10. The zero-order valence-electron chi connectivity index (χ0n) is 35.8. The van der Waals surface area contributed by atoms with Gasteiger partial charge in [-0.05, 0) is 90.3 Å². The number of fused-ring (bicyclic) bond motifs is 6. The summed E-state index contributed by atoms with van der Waals surface area (Å²) in [6, 6.07) is 11.5. The van der Waals surface area contributed by atoms with Crippen LogP contribution >= 0.6 is 0 Å². The highest BCUT2D eigenvalue weighted by Crippen LogP contribution is 2.41. The van der Waals surface area contributed by atoms with Gasteiger partial charge in [0.15, 0.2) is 0 Å². The van der Waals surface area contributed by atoms with Gasteiger partial charge in [0.2, 0.25) is 11.8 Å². The topological polar surface area (TPSA) is 177 Å². The molecule has 7 rings (SSSR count). The van der Waals surface area contributed by atoms with Crippen LogP contribution in [-0.4, -0.2) is 107 Å². The standard InChI is InChI=1S/C46H59N7O7/c1-8-52-40-12-11-29-20-33(40)34(41(52)35-22-47-14-13-30(35)25-59-7)21-46(4,5)26-60-45(58)37-10-9-15-53(50-37)44(57)38(18-28-16-31(29)19-32(54)17-28)49-42(55)36(27(2)3)24-51(6)43(56)39-23-48-39/h11-14,16-17,19-20,22,27,36-39,48,50,54H,8-10,15,18,21,23-26H2,1-7H3,(H,49,55)/t36-,37-,38-,39-/m0/s1. The fraction of sp³-hybridized carbons (Fsp3) is 0.500. The molecule has 2 aromatic carbocycles. The Bertz CT molecular complexity index is 2260. The fourth-order valence-electron chi connectivity index (χ4n) is 8.69. The lowest BCUT2D eigenvalue weighted by atomic mass is 9.84. The van der Waals surface area contributed by atoms with Gasteiger partial charge >= 0.3 is 5.97 Å². The molecule has 2 aromatic heterocycles. The molecular weight excluding hydrogens is 763 g/mol. The molecular formula is C46H59N7O7. The lowest BCUT2D eigenvalue weighted by Crippen LogP contribution is -2.61. The molecule has 0 aliphatic carbocycles. The molecule has 0 spiro atoms. The number of ether oxygens (including phenoxy) is 2. The Balaban J connectivity index is 1.33. The first-order valence-corrected chi connectivity index (χ1v) is 21.1. The monoisotopic (exact) mass is 821 g/mol. The summed E-state index contributed by atoms with van der Waals surface area (Å²) in [5.74, 6) is -2.02. The van der Waals surface area contributed by atoms with Crippen molar-refractivity contribution in [1.29, 1.82) is 0 Å². The van der Waals surface area contributed by atoms with Crippen LogP contribution in [0.3, 0.4) is 0 Å². The van der Waals surface area contributed by atoms with Crippen molar-refractivity contribution in [2.45, 2.75) is 91.6 Å². The number of carbonyl (C=O) groups is 4. The van der Waals surface area contributed by atoms with E-state index in [-0.39, 0.29) is 49.1 Å². The van der Waals surface area contributed by atoms with Gasteiger partial charge in [-0.2, -0.15) is 0 Å². The normalized spacial score (nSPS) is 21.0. The third-order valence-electron chi connectivity index (χ3n) is 12.0. The Morgan fingerprint density at radius 2 is 1.92 bits per heavy atom. The maximum atomic E-state index is 14.5. The van der Waals surface area contributed by atoms with Crippen LogP contribution in [0.4, 0.5) is 0 Å². The molecule has 60 heavy (non-hydrogen) atoms. The summed E-state index contributed by atoms with van der Waals surface area (Å²) in [5.41, 5.74) is 9.97. The van der Waals surface area contributed by atoms with Crippen molar-refractivity contribution in [2.24, 2.45) is 17.3 Å². The molecule has 14 heteroatoms. The smallest absolute Gasteiger partial charge is 0.324 e. The SMILES string of the molecule is CCn1c(-c2cnccc2COC)c2c3cc(ccc31)-c1cc(O)cc(c1)C[C@H](NC(=O)[C@@H](CN(C)C(=O)[C@@H]1CN1)C(C)C)C(=O)N1CCC[C@H](N1)C(=O)OCC(C)(C)C2. The van der Waals surface area contributed by atoms with Gasteiger partial charge in [-0.1, -0.05) is 39.8 Å². The number of nitrogens with one attached hydrogen (secondary N) is 3. The highest BCUT2D eigenvalue weighted by atomic mass is 16.5. The number of aryl methyl sites for hydroxylation is 1. The lowest BCUT2D eigenvalue weighted by molar-refractivity contribution is -0.155. The van der Waals surface area contributed by atoms with Crippen LogP contribution in [0, 0.1) is 17.3 Å². The summed E-state index contributed by atoms with van der Waals surface area (Å²) in [6.45, 7) is 12.5. The van der Waals surface area contributed by atoms with Crippen molar-refractivity contribution >= 4 is 34.6 Å². The van der Waals surface area contributed by atoms with Gasteiger partial charge in [0.05, 0.1) is 30.9 Å². The molecule has 0 saturated carbocycles. The molecule has 5 heterocycles. The van der Waals surface area contributed by atoms with Gasteiger partial charge in [0, 0.05) is 81.0 Å². The minimum Gasteiger partial charge on any atom is -0.508 e. The number of pyridine rings is 1. The van der Waals surface area contributed by atoms with Crippen LogP contribution in [0.15, 0.2) is 54.9 Å². The first kappa shape index (κ1) is 42.8. The highest BCUT2D eigenvalue weighted by molar-refractivity contribution is 5.96. The van der Waals surface area contributed by atoms with Crippen LogP contribution in [0.5, 0.6) is 5.75 Å². The van der Waals surface area contributed by atoms with E-state index in [4.69, 9.17) is 9.47 Å². The maximum Gasteiger partial charge on any atom is 0.324 e. The summed E-state index contributed by atoms with van der Waals surface area (Å²) in [5, 5.41) is 19.7. The van der Waals surface area contributed by atoms with E-state index in [1.165, 1.54) is 5.01 Å². The summed E-state index contributed by atoms with van der Waals surface area (Å²) >= 11 is 0. The number of nitrogens with zero attached hydrogens (tertiary/aromatic N) is 4. The minimum atomic E-state index is -1.06. The van der Waals surface area contributed by atoms with Gasteiger partial charge in [0.1, 0.15) is 17.8 Å². The van der Waals surface area contributed by atoms with Crippen LogP contribution in [0.2, 0.25) is 0 Å². The molecule has 2 fully saturated rings. The predicted molar refractivity (Wildman–Crippen MR) is 228 cm³/mol. The number of cyclic esters (lactones) is 1. The number of benzene rings is 2. The largest absolute Gasteiger partial charge is 0.508 e. The van der Waals surface area contributed by atoms with Crippen molar-refractivity contribution in [3.63, 3.8) is 0 Å². The van der Waals surface area contributed by atoms with Crippen LogP contribution in [0.1, 0.15) is 64.2 Å². The Hall–Kier alpha value is -5.31. The van der Waals surface area contributed by atoms with Gasteiger partial charge in [0.25, 0.3) is 5.91 Å². The number of phenols is 1. The second-order valence-corrected chi connectivity index (χ2v) is 17.7. The van der Waals surface area contributed by atoms with Gasteiger partial charge in [-0.25, -0.2) is 5.43 Å². The van der Waals surface area contributed by atoms with Crippen molar-refractivity contribution in [1.82, 2.24) is 35.5 Å². The average Bonchev–Trinajstić information content (AvgIpc) is 4.04. The Morgan fingerprint density at radius 3 is 2.63 bits per heavy atom. The quantitative estimate of drug-likeness (QED) is 0.131. The number of carbonyl (C=O) groups excluding carboxylic acids is 4. The van der Waals surface area contributed by atoms with Crippen molar-refractivity contribution < 1.29 is 33.8 Å². The number of hydrogen-bond acceptors (Lipinski definition) is 10. The summed E-state index contributed by atoms with van der Waals surface area (Å²) in [7, 11) is 3.37. The van der Waals surface area contributed by atoms with E-state index in [1.807, 2.05) is 38.2 Å². The Labute approximate surface area is 352 Å². The van der Waals surface area contributed by atoms with E-state index in [1.54, 1.807) is 37.4 Å². The number of hydrogen-bond donors (Lipinski definition) is 4. The molecule has 14 nitrogen and oxygen atoms in total. The van der Waals surface area contributed by atoms with Crippen LogP contribution in [-0.2, 0) is 54.6 Å². The number of likely N-dealkylation sites (N-methyl/N-ethyl adjacent to an activating group) is 1. The van der Waals surface area contributed by atoms with Crippen LogP contribution in [0.25, 0.3) is 33.3 Å². The molecule has 4 N–H and O–H groups in total. The predicted octanol–water partition coefficient (Wildman–Crippen LogP) is 4.59. The van der Waals surface area contributed by atoms with E-state index >= 15 is 0 Å². The second-order valence-electron chi connectivity index (χ2n) is 17.7. The molecule has 3 aliphatic rings. The van der Waals surface area contributed by atoms with Crippen molar-refractivity contribution in [3.8, 4) is 28.1 Å². The first-order valence-electron chi connectivity index (χ1n) is 21.1. The lowest BCUT2D eigenvalue weighted by Gasteiger charge is -2.36. The zero-order chi connectivity index (χ0) is 42.9. The van der Waals surface area contributed by atoms with Gasteiger partial charge in [-0.15, -0.1) is 0 Å². The number of amides is 3. The molecule has 0 unspecified atom stereocenters. The van der Waals surface area contributed by atoms with Crippen molar-refractivity contribution in [3.05, 3.63) is 71.5 Å². The third-order valence-corrected chi connectivity index (χ3v) is 12.0. The molecule has 6 bridgehead atoms. The van der Waals surface area contributed by atoms with E-state index < -0.39 is 35.3 Å². The summed E-state index contributed by atoms with van der Waals surface area (Å²) in [4.78, 5) is 61.5. The molecule has 3 amide bonds. The number of methoxy groups -OCH3 is 1. The highest BCUT2D eigenvalue weighted by Gasteiger charge is 2.38. The van der Waals surface area contributed by atoms with Crippen molar-refractivity contribution in [2.75, 3.05) is 40.4 Å². The molecule has 2 saturated heterocycles. The van der Waals surface area contributed by atoms with E-state index in [2.05, 4.69) is 58.5 Å². The maximum absolute atomic E-state index is 14.5. The molecule has 0 radical (unpaired) electrons. The van der Waals surface area contributed by atoms with E-state index in [0.717, 1.165) is 44.4 Å². The minimum absolute atomic E-state index is 0.0232. The number of hydrazine groups is 1. The zero-order valence-corrected chi connectivity index (χ0v) is 35.8. The fourth-order valence-corrected chi connectivity index (χ4v) is 8.69. The molecule has 3 aliphatic heterocycles. The number of aromatic hydroxyl groups is 1. The second kappa shape index (κ2) is 17.7. The molecule has 4 atom stereocenters. The average molecular weight is 822 g/mol. The Kier molecular flexibility index (Phi) is 12.6. The molecule has 4 aromatic rings. The van der Waals surface area contributed by atoms with E-state index in [0.29, 0.717) is 51.1 Å². The summed E-state index contributed by atoms with van der Waals surface area (Å²) in [6.07, 6.45) is 5.31. The number of aromatic nitrogens is 2. The third kappa shape index (κ3) is 9.20. The van der Waals surface area contributed by atoms with Crippen LogP contribution < -0.4 is 16.1 Å². The number of phenolic OH excluding ortho intramolecular Hbond substituents is 1.